The highest BCUT2D eigenvalue weighted by Crippen LogP contribution is 2.18. The highest BCUT2D eigenvalue weighted by atomic mass is 35.5. The number of carbonyl (C=O) groups is 2. The molecular weight excluding hydrogens is 326 g/mol. The zero-order valence-electron chi connectivity index (χ0n) is 13.8. The van der Waals surface area contributed by atoms with Crippen LogP contribution in [-0.2, 0) is 4.79 Å². The molecule has 0 bridgehead atoms. The van der Waals surface area contributed by atoms with Gasteiger partial charge in [-0.3, -0.25) is 9.59 Å². The number of amides is 2. The fourth-order valence-electron chi connectivity index (χ4n) is 2.25. The molecule has 5 nitrogen and oxygen atoms in total. The van der Waals surface area contributed by atoms with Crippen LogP contribution in [-0.4, -0.2) is 22.8 Å². The maximum absolute atomic E-state index is 12.5. The Bertz CT molecular complexity index is 747. The van der Waals surface area contributed by atoms with Crippen LogP contribution < -0.4 is 10.6 Å². The molecule has 1 aromatic heterocycles. The molecule has 1 aromatic carbocycles. The molecule has 6 heteroatoms. The van der Waals surface area contributed by atoms with Gasteiger partial charge in [-0.15, -0.1) is 0 Å². The van der Waals surface area contributed by atoms with E-state index in [0.717, 1.165) is 5.56 Å². The van der Waals surface area contributed by atoms with Gasteiger partial charge in [-0.1, -0.05) is 43.6 Å². The molecule has 126 valence electrons. The molecule has 2 aromatic rings. The first-order valence-electron chi connectivity index (χ1n) is 7.68. The number of pyridine rings is 1. The first kappa shape index (κ1) is 17.9. The van der Waals surface area contributed by atoms with Gasteiger partial charge in [0.25, 0.3) is 5.91 Å². The lowest BCUT2D eigenvalue weighted by atomic mass is 10.0. The summed E-state index contributed by atoms with van der Waals surface area (Å²) in [6.07, 6.45) is 1.54. The number of hydrogen-bond donors (Lipinski definition) is 2. The number of rotatable bonds is 5. The molecule has 0 radical (unpaired) electrons. The van der Waals surface area contributed by atoms with Gasteiger partial charge in [-0.2, -0.15) is 0 Å². The van der Waals surface area contributed by atoms with E-state index >= 15 is 0 Å². The molecule has 0 saturated carbocycles. The molecule has 2 amide bonds. The molecular formula is C18H20ClN3O2. The largest absolute Gasteiger partial charge is 0.340 e. The number of halogens is 1. The van der Waals surface area contributed by atoms with Crippen LogP contribution in [0.4, 0.5) is 5.82 Å². The Kier molecular flexibility index (Phi) is 5.93. The van der Waals surface area contributed by atoms with Crippen molar-refractivity contribution in [1.29, 1.82) is 0 Å². The molecule has 2 rings (SSSR count). The van der Waals surface area contributed by atoms with E-state index in [1.807, 2.05) is 32.9 Å². The quantitative estimate of drug-likeness (QED) is 0.872. The third-order valence-corrected chi connectivity index (χ3v) is 3.93. The van der Waals surface area contributed by atoms with E-state index < -0.39 is 6.04 Å². The summed E-state index contributed by atoms with van der Waals surface area (Å²) in [5, 5.41) is 5.80. The van der Waals surface area contributed by atoms with Crippen molar-refractivity contribution in [3.8, 4) is 0 Å². The van der Waals surface area contributed by atoms with Gasteiger partial charge in [0.15, 0.2) is 5.82 Å². The van der Waals surface area contributed by atoms with Crippen molar-refractivity contribution >= 4 is 29.2 Å². The summed E-state index contributed by atoms with van der Waals surface area (Å²) >= 11 is 6.01. The zero-order chi connectivity index (χ0) is 17.7. The third kappa shape index (κ3) is 4.32. The minimum atomic E-state index is -0.699. The van der Waals surface area contributed by atoms with Gasteiger partial charge in [0.1, 0.15) is 6.04 Å². The lowest BCUT2D eigenvalue weighted by molar-refractivity contribution is -0.118. The summed E-state index contributed by atoms with van der Waals surface area (Å²) in [6.45, 7) is 5.58. The van der Waals surface area contributed by atoms with Gasteiger partial charge in [-0.25, -0.2) is 4.98 Å². The number of carbonyl (C=O) groups excluding carboxylic acids is 2. The molecule has 0 fully saturated rings. The Balaban J connectivity index is 2.15. The summed E-state index contributed by atoms with van der Waals surface area (Å²) in [4.78, 5) is 29.0. The molecule has 24 heavy (non-hydrogen) atoms. The van der Waals surface area contributed by atoms with Crippen molar-refractivity contribution in [2.45, 2.75) is 26.8 Å². The Morgan fingerprint density at radius 2 is 1.83 bits per heavy atom. The molecule has 0 saturated heterocycles. The van der Waals surface area contributed by atoms with Gasteiger partial charge in [0, 0.05) is 11.8 Å². The molecule has 1 heterocycles. The topological polar surface area (TPSA) is 71.1 Å². The molecule has 0 aliphatic carbocycles. The number of aromatic nitrogens is 1. The van der Waals surface area contributed by atoms with E-state index in [2.05, 4.69) is 15.6 Å². The van der Waals surface area contributed by atoms with Crippen molar-refractivity contribution in [2.24, 2.45) is 5.92 Å². The summed E-state index contributed by atoms with van der Waals surface area (Å²) in [7, 11) is 0. The monoisotopic (exact) mass is 345 g/mol. The first-order valence-corrected chi connectivity index (χ1v) is 8.06. The predicted molar refractivity (Wildman–Crippen MR) is 95.1 cm³/mol. The van der Waals surface area contributed by atoms with E-state index in [4.69, 9.17) is 11.6 Å². The Hall–Kier alpha value is -2.40. The van der Waals surface area contributed by atoms with Gasteiger partial charge in [0.05, 0.1) is 5.02 Å². The summed E-state index contributed by atoms with van der Waals surface area (Å²) in [5.74, 6) is -0.456. The van der Waals surface area contributed by atoms with E-state index in [1.165, 1.54) is 6.20 Å². The van der Waals surface area contributed by atoms with Crippen LogP contribution in [0.5, 0.6) is 0 Å². The van der Waals surface area contributed by atoms with Crippen LogP contribution in [0.3, 0.4) is 0 Å². The molecule has 2 N–H and O–H groups in total. The van der Waals surface area contributed by atoms with Crippen molar-refractivity contribution < 1.29 is 9.59 Å². The van der Waals surface area contributed by atoms with E-state index in [0.29, 0.717) is 10.6 Å². The maximum Gasteiger partial charge on any atom is 0.252 e. The number of hydrogen-bond acceptors (Lipinski definition) is 3. The Labute approximate surface area is 146 Å². The van der Waals surface area contributed by atoms with Crippen LogP contribution in [0, 0.1) is 12.8 Å². The van der Waals surface area contributed by atoms with Crippen LogP contribution in [0.25, 0.3) is 0 Å². The van der Waals surface area contributed by atoms with Crippen LogP contribution in [0.1, 0.15) is 29.8 Å². The van der Waals surface area contributed by atoms with E-state index in [-0.39, 0.29) is 23.6 Å². The highest BCUT2D eigenvalue weighted by molar-refractivity contribution is 6.33. The number of anilines is 1. The van der Waals surface area contributed by atoms with Crippen molar-refractivity contribution in [1.82, 2.24) is 10.3 Å². The minimum Gasteiger partial charge on any atom is -0.340 e. The van der Waals surface area contributed by atoms with Gasteiger partial charge >= 0.3 is 0 Å². The highest BCUT2D eigenvalue weighted by Gasteiger charge is 2.26. The van der Waals surface area contributed by atoms with E-state index in [1.54, 1.807) is 24.3 Å². The van der Waals surface area contributed by atoms with Crippen molar-refractivity contribution in [2.75, 3.05) is 5.32 Å². The van der Waals surface area contributed by atoms with Crippen LogP contribution in [0.15, 0.2) is 42.6 Å². The molecule has 0 unspecified atom stereocenters. The lowest BCUT2D eigenvalue weighted by Gasteiger charge is -2.22. The van der Waals surface area contributed by atoms with Crippen LogP contribution >= 0.6 is 11.6 Å². The zero-order valence-corrected chi connectivity index (χ0v) is 14.6. The molecule has 1 atom stereocenters. The predicted octanol–water partition coefficient (Wildman–Crippen LogP) is 3.44. The smallest absolute Gasteiger partial charge is 0.252 e. The number of nitrogens with zero attached hydrogens (tertiary/aromatic N) is 1. The Morgan fingerprint density at radius 1 is 1.12 bits per heavy atom. The molecule has 0 aliphatic rings. The average molecular weight is 346 g/mol. The fraction of sp³-hybridized carbons (Fsp3) is 0.278. The lowest BCUT2D eigenvalue weighted by Crippen LogP contribution is -2.47. The Morgan fingerprint density at radius 3 is 2.46 bits per heavy atom. The number of benzene rings is 1. The minimum absolute atomic E-state index is 0.0968. The second kappa shape index (κ2) is 7.93. The second-order valence-electron chi connectivity index (χ2n) is 5.83. The summed E-state index contributed by atoms with van der Waals surface area (Å²) < 4.78 is 0. The number of nitrogens with one attached hydrogen (secondary N) is 2. The number of aryl methyl sites for hydroxylation is 1. The third-order valence-electron chi connectivity index (χ3n) is 3.63. The standard InChI is InChI=1S/C18H20ClN3O2/c1-11(2)15(18(24)22-16-14(19)9-6-10-20-16)21-17(23)13-8-5-4-7-12(13)3/h4-11,15H,1-3H3,(H,21,23)(H,20,22,24)/t15-/m0/s1. The van der Waals surface area contributed by atoms with Crippen molar-refractivity contribution in [3.05, 3.63) is 58.7 Å². The summed E-state index contributed by atoms with van der Waals surface area (Å²) in [6, 6.07) is 9.86. The van der Waals surface area contributed by atoms with Gasteiger partial charge in [0.2, 0.25) is 5.91 Å². The normalized spacial score (nSPS) is 11.9. The second-order valence-corrected chi connectivity index (χ2v) is 6.24. The van der Waals surface area contributed by atoms with Gasteiger partial charge < -0.3 is 10.6 Å². The summed E-state index contributed by atoms with van der Waals surface area (Å²) in [5.41, 5.74) is 1.40. The fourth-order valence-corrected chi connectivity index (χ4v) is 2.42. The first-order chi connectivity index (χ1) is 11.4. The molecule has 0 spiro atoms. The average Bonchev–Trinajstić information content (AvgIpc) is 2.54. The van der Waals surface area contributed by atoms with E-state index in [9.17, 15) is 9.59 Å². The maximum atomic E-state index is 12.5. The van der Waals surface area contributed by atoms with Crippen molar-refractivity contribution in [3.63, 3.8) is 0 Å². The van der Waals surface area contributed by atoms with Gasteiger partial charge in [-0.05, 0) is 36.6 Å². The molecule has 0 aliphatic heterocycles. The van der Waals surface area contributed by atoms with Crippen LogP contribution in [0.2, 0.25) is 5.02 Å². The SMILES string of the molecule is Cc1ccccc1C(=O)N[C@H](C(=O)Nc1ncccc1Cl)C(C)C.